The SMILES string of the molecule is Cc1nc(CCN)nc(-c2ccc3c(c2)CCC3)n1. The third-order valence-electron chi connectivity index (χ3n) is 3.52. The molecule has 0 radical (unpaired) electrons. The Hall–Kier alpha value is -1.81. The van der Waals surface area contributed by atoms with E-state index in [2.05, 4.69) is 33.2 Å². The highest BCUT2D eigenvalue weighted by Gasteiger charge is 2.13. The van der Waals surface area contributed by atoms with Crippen molar-refractivity contribution >= 4 is 0 Å². The van der Waals surface area contributed by atoms with E-state index >= 15 is 0 Å². The number of nitrogens with two attached hydrogens (primary N) is 1. The molecule has 0 aliphatic heterocycles. The molecule has 0 saturated heterocycles. The maximum absolute atomic E-state index is 5.57. The van der Waals surface area contributed by atoms with Gasteiger partial charge in [0.15, 0.2) is 5.82 Å². The van der Waals surface area contributed by atoms with Crippen LogP contribution >= 0.6 is 0 Å². The van der Waals surface area contributed by atoms with Crippen molar-refractivity contribution in [3.05, 3.63) is 41.0 Å². The first kappa shape index (κ1) is 12.2. The van der Waals surface area contributed by atoms with E-state index in [0.717, 1.165) is 23.0 Å². The molecular weight excluding hydrogens is 236 g/mol. The highest BCUT2D eigenvalue weighted by atomic mass is 15.0. The molecule has 1 aliphatic carbocycles. The lowest BCUT2D eigenvalue weighted by molar-refractivity contribution is 0.827. The van der Waals surface area contributed by atoms with Crippen LogP contribution in [0.1, 0.15) is 29.2 Å². The van der Waals surface area contributed by atoms with E-state index in [1.165, 1.54) is 30.4 Å². The Kier molecular flexibility index (Phi) is 3.25. The van der Waals surface area contributed by atoms with E-state index in [-0.39, 0.29) is 0 Å². The van der Waals surface area contributed by atoms with Crippen LogP contribution < -0.4 is 5.73 Å². The summed E-state index contributed by atoms with van der Waals surface area (Å²) in [5, 5.41) is 0. The summed E-state index contributed by atoms with van der Waals surface area (Å²) in [5.41, 5.74) is 9.57. The maximum atomic E-state index is 5.57. The average molecular weight is 254 g/mol. The number of hydrogen-bond acceptors (Lipinski definition) is 4. The molecule has 1 heterocycles. The molecular formula is C15H18N4. The first-order valence-electron chi connectivity index (χ1n) is 6.80. The van der Waals surface area contributed by atoms with Crippen LogP contribution in [0, 0.1) is 6.92 Å². The van der Waals surface area contributed by atoms with Gasteiger partial charge in [-0.2, -0.15) is 0 Å². The Bertz CT molecular complexity index is 607. The van der Waals surface area contributed by atoms with Gasteiger partial charge in [-0.15, -0.1) is 0 Å². The molecule has 19 heavy (non-hydrogen) atoms. The first-order valence-corrected chi connectivity index (χ1v) is 6.80. The minimum Gasteiger partial charge on any atom is -0.330 e. The second kappa shape index (κ2) is 5.05. The average Bonchev–Trinajstić information content (AvgIpc) is 2.85. The van der Waals surface area contributed by atoms with E-state index in [1.54, 1.807) is 0 Å². The summed E-state index contributed by atoms with van der Waals surface area (Å²) in [5.74, 6) is 2.31. The van der Waals surface area contributed by atoms with Crippen molar-refractivity contribution in [2.75, 3.05) is 6.54 Å². The zero-order valence-electron chi connectivity index (χ0n) is 11.2. The van der Waals surface area contributed by atoms with Crippen molar-refractivity contribution in [1.82, 2.24) is 15.0 Å². The second-order valence-corrected chi connectivity index (χ2v) is 5.00. The Morgan fingerprint density at radius 3 is 2.79 bits per heavy atom. The van der Waals surface area contributed by atoms with E-state index in [0.29, 0.717) is 13.0 Å². The van der Waals surface area contributed by atoms with Gasteiger partial charge in [-0.05, 0) is 49.9 Å². The molecule has 0 unspecified atom stereocenters. The van der Waals surface area contributed by atoms with E-state index in [1.807, 2.05) is 6.92 Å². The molecule has 2 aromatic rings. The molecule has 0 bridgehead atoms. The summed E-state index contributed by atoms with van der Waals surface area (Å²) in [6.07, 6.45) is 4.32. The lowest BCUT2D eigenvalue weighted by atomic mass is 10.1. The quantitative estimate of drug-likeness (QED) is 0.907. The van der Waals surface area contributed by atoms with Crippen molar-refractivity contribution in [3.8, 4) is 11.4 Å². The molecule has 3 rings (SSSR count). The van der Waals surface area contributed by atoms with Crippen molar-refractivity contribution in [2.45, 2.75) is 32.6 Å². The van der Waals surface area contributed by atoms with Crippen molar-refractivity contribution in [2.24, 2.45) is 5.73 Å². The number of benzene rings is 1. The Morgan fingerprint density at radius 2 is 1.95 bits per heavy atom. The standard InChI is InChI=1S/C15H18N4/c1-10-17-14(7-8-16)19-15(18-10)13-6-5-11-3-2-4-12(11)9-13/h5-6,9H,2-4,7-8,16H2,1H3. The van der Waals surface area contributed by atoms with Crippen LogP contribution in [0.25, 0.3) is 11.4 Å². The fourth-order valence-electron chi connectivity index (χ4n) is 2.62. The number of hydrogen-bond donors (Lipinski definition) is 1. The summed E-state index contributed by atoms with van der Waals surface area (Å²) in [6, 6.07) is 6.55. The predicted octanol–water partition coefficient (Wildman–Crippen LogP) is 1.84. The molecule has 1 aromatic carbocycles. The van der Waals surface area contributed by atoms with Gasteiger partial charge in [0.25, 0.3) is 0 Å². The first-order chi connectivity index (χ1) is 9.26. The van der Waals surface area contributed by atoms with Gasteiger partial charge < -0.3 is 5.73 Å². The fraction of sp³-hybridized carbons (Fsp3) is 0.400. The summed E-state index contributed by atoms with van der Waals surface area (Å²) in [4.78, 5) is 13.3. The number of rotatable bonds is 3. The molecule has 1 aromatic heterocycles. The Labute approximate surface area is 113 Å². The zero-order valence-corrected chi connectivity index (χ0v) is 11.2. The number of aryl methyl sites for hydroxylation is 3. The predicted molar refractivity (Wildman–Crippen MR) is 74.8 cm³/mol. The Morgan fingerprint density at radius 1 is 1.11 bits per heavy atom. The van der Waals surface area contributed by atoms with Crippen LogP contribution in [0.2, 0.25) is 0 Å². The van der Waals surface area contributed by atoms with Crippen LogP contribution in [0.15, 0.2) is 18.2 Å². The van der Waals surface area contributed by atoms with Crippen LogP contribution in [0.4, 0.5) is 0 Å². The summed E-state index contributed by atoms with van der Waals surface area (Å²) in [6.45, 7) is 2.46. The molecule has 0 fully saturated rings. The zero-order chi connectivity index (χ0) is 13.2. The molecule has 0 spiro atoms. The van der Waals surface area contributed by atoms with E-state index in [4.69, 9.17) is 5.73 Å². The minimum atomic E-state index is 0.563. The molecule has 1 aliphatic rings. The van der Waals surface area contributed by atoms with Crippen LogP contribution in [-0.2, 0) is 19.3 Å². The molecule has 98 valence electrons. The lowest BCUT2D eigenvalue weighted by Gasteiger charge is -2.06. The van der Waals surface area contributed by atoms with Crippen LogP contribution in [-0.4, -0.2) is 21.5 Å². The topological polar surface area (TPSA) is 64.7 Å². The molecule has 0 atom stereocenters. The van der Waals surface area contributed by atoms with Gasteiger partial charge in [0.1, 0.15) is 11.6 Å². The fourth-order valence-corrected chi connectivity index (χ4v) is 2.62. The third-order valence-corrected chi connectivity index (χ3v) is 3.52. The summed E-state index contributed by atoms with van der Waals surface area (Å²) < 4.78 is 0. The number of fused-ring (bicyclic) bond motifs is 1. The van der Waals surface area contributed by atoms with Crippen molar-refractivity contribution in [1.29, 1.82) is 0 Å². The molecule has 4 heteroatoms. The summed E-state index contributed by atoms with van der Waals surface area (Å²) >= 11 is 0. The van der Waals surface area contributed by atoms with E-state index < -0.39 is 0 Å². The Balaban J connectivity index is 2.01. The van der Waals surface area contributed by atoms with Gasteiger partial charge in [0, 0.05) is 12.0 Å². The lowest BCUT2D eigenvalue weighted by Crippen LogP contribution is -2.09. The monoisotopic (exact) mass is 254 g/mol. The minimum absolute atomic E-state index is 0.563. The van der Waals surface area contributed by atoms with Gasteiger partial charge in [-0.1, -0.05) is 12.1 Å². The molecule has 2 N–H and O–H groups in total. The third kappa shape index (κ3) is 2.49. The second-order valence-electron chi connectivity index (χ2n) is 5.00. The molecule has 0 saturated carbocycles. The van der Waals surface area contributed by atoms with Gasteiger partial charge in [-0.3, -0.25) is 0 Å². The summed E-state index contributed by atoms with van der Waals surface area (Å²) in [7, 11) is 0. The van der Waals surface area contributed by atoms with Crippen LogP contribution in [0.3, 0.4) is 0 Å². The largest absolute Gasteiger partial charge is 0.330 e. The van der Waals surface area contributed by atoms with Gasteiger partial charge in [-0.25, -0.2) is 15.0 Å². The normalized spacial score (nSPS) is 13.6. The maximum Gasteiger partial charge on any atom is 0.163 e. The molecule has 4 nitrogen and oxygen atoms in total. The van der Waals surface area contributed by atoms with Crippen LogP contribution in [0.5, 0.6) is 0 Å². The van der Waals surface area contributed by atoms with Crippen molar-refractivity contribution < 1.29 is 0 Å². The van der Waals surface area contributed by atoms with Gasteiger partial charge in [0.2, 0.25) is 0 Å². The van der Waals surface area contributed by atoms with Gasteiger partial charge >= 0.3 is 0 Å². The van der Waals surface area contributed by atoms with Gasteiger partial charge in [0.05, 0.1) is 0 Å². The highest BCUT2D eigenvalue weighted by Crippen LogP contribution is 2.26. The smallest absolute Gasteiger partial charge is 0.163 e. The number of nitrogens with zero attached hydrogens (tertiary/aromatic N) is 3. The number of aromatic nitrogens is 3. The van der Waals surface area contributed by atoms with Crippen molar-refractivity contribution in [3.63, 3.8) is 0 Å². The van der Waals surface area contributed by atoms with E-state index in [9.17, 15) is 0 Å². The molecule has 0 amide bonds. The highest BCUT2D eigenvalue weighted by molar-refractivity contribution is 5.58.